The molecule has 3 nitrogen and oxygen atoms in total. The molecule has 0 spiro atoms. The number of carbonyl (C=O) groups is 1. The van der Waals surface area contributed by atoms with Crippen LogP contribution in [-0.2, 0) is 4.79 Å². The van der Waals surface area contributed by atoms with Crippen LogP contribution in [0.25, 0.3) is 0 Å². The summed E-state index contributed by atoms with van der Waals surface area (Å²) in [6, 6.07) is 0. The van der Waals surface area contributed by atoms with Gasteiger partial charge in [-0.2, -0.15) is 0 Å². The standard InChI is InChI=1S/C12H24N2O/c1-4-10(5-2)9-13-11(15)12(3)7-6-8-14-12/h10,14H,4-9H2,1-3H3,(H,13,15). The first-order chi connectivity index (χ1) is 7.12. The Bertz CT molecular complexity index is 206. The molecule has 1 rings (SSSR count). The molecule has 2 N–H and O–H groups in total. The van der Waals surface area contributed by atoms with Crippen molar-refractivity contribution in [2.24, 2.45) is 5.92 Å². The third kappa shape index (κ3) is 3.20. The first-order valence-electron chi connectivity index (χ1n) is 6.15. The quantitative estimate of drug-likeness (QED) is 0.728. The summed E-state index contributed by atoms with van der Waals surface area (Å²) in [5, 5.41) is 6.35. The number of amides is 1. The second-order valence-corrected chi connectivity index (χ2v) is 4.75. The van der Waals surface area contributed by atoms with Gasteiger partial charge >= 0.3 is 0 Å². The lowest BCUT2D eigenvalue weighted by Crippen LogP contribution is -2.51. The molecule has 0 saturated carbocycles. The highest BCUT2D eigenvalue weighted by Crippen LogP contribution is 2.18. The van der Waals surface area contributed by atoms with Crippen LogP contribution in [0.4, 0.5) is 0 Å². The van der Waals surface area contributed by atoms with E-state index in [0.29, 0.717) is 5.92 Å². The van der Waals surface area contributed by atoms with E-state index in [1.54, 1.807) is 0 Å². The zero-order valence-corrected chi connectivity index (χ0v) is 10.2. The van der Waals surface area contributed by atoms with Gasteiger partial charge in [0.05, 0.1) is 5.54 Å². The zero-order valence-electron chi connectivity index (χ0n) is 10.2. The molecule has 1 aliphatic heterocycles. The highest BCUT2D eigenvalue weighted by Gasteiger charge is 2.35. The first-order valence-corrected chi connectivity index (χ1v) is 6.15. The van der Waals surface area contributed by atoms with Crippen molar-refractivity contribution in [2.45, 2.75) is 52.0 Å². The van der Waals surface area contributed by atoms with Gasteiger partial charge in [-0.3, -0.25) is 4.79 Å². The summed E-state index contributed by atoms with van der Waals surface area (Å²) in [5.74, 6) is 0.797. The molecule has 0 aromatic heterocycles. The normalized spacial score (nSPS) is 25.9. The fraction of sp³-hybridized carbons (Fsp3) is 0.917. The Morgan fingerprint density at radius 2 is 2.13 bits per heavy atom. The molecule has 0 aromatic carbocycles. The van der Waals surface area contributed by atoms with E-state index < -0.39 is 0 Å². The van der Waals surface area contributed by atoms with Gasteiger partial charge in [-0.05, 0) is 32.2 Å². The molecule has 1 amide bonds. The fourth-order valence-electron chi connectivity index (χ4n) is 2.10. The predicted octanol–water partition coefficient (Wildman–Crippen LogP) is 1.68. The maximum Gasteiger partial charge on any atom is 0.240 e. The van der Waals surface area contributed by atoms with Crippen molar-refractivity contribution in [1.29, 1.82) is 0 Å². The summed E-state index contributed by atoms with van der Waals surface area (Å²) in [7, 11) is 0. The lowest BCUT2D eigenvalue weighted by atomic mass is 9.98. The summed E-state index contributed by atoms with van der Waals surface area (Å²) in [5.41, 5.74) is -0.313. The summed E-state index contributed by atoms with van der Waals surface area (Å²) in [6.45, 7) is 8.14. The van der Waals surface area contributed by atoms with Gasteiger partial charge in [-0.1, -0.05) is 26.7 Å². The highest BCUT2D eigenvalue weighted by atomic mass is 16.2. The van der Waals surface area contributed by atoms with Crippen LogP contribution in [0.2, 0.25) is 0 Å². The smallest absolute Gasteiger partial charge is 0.240 e. The molecular weight excluding hydrogens is 188 g/mol. The van der Waals surface area contributed by atoms with E-state index in [0.717, 1.165) is 38.8 Å². The number of carbonyl (C=O) groups excluding carboxylic acids is 1. The van der Waals surface area contributed by atoms with Crippen LogP contribution in [0.1, 0.15) is 46.5 Å². The Balaban J connectivity index is 2.35. The fourth-order valence-corrected chi connectivity index (χ4v) is 2.10. The zero-order chi connectivity index (χ0) is 11.3. The summed E-state index contributed by atoms with van der Waals surface area (Å²) in [6.07, 6.45) is 4.35. The van der Waals surface area contributed by atoms with Crippen molar-refractivity contribution in [3.63, 3.8) is 0 Å². The van der Waals surface area contributed by atoms with Crippen LogP contribution in [0, 0.1) is 5.92 Å². The highest BCUT2D eigenvalue weighted by molar-refractivity contribution is 5.86. The molecule has 3 heteroatoms. The summed E-state index contributed by atoms with van der Waals surface area (Å²) >= 11 is 0. The Morgan fingerprint density at radius 3 is 2.60 bits per heavy atom. The number of nitrogens with one attached hydrogen (secondary N) is 2. The third-order valence-corrected chi connectivity index (χ3v) is 3.58. The van der Waals surface area contributed by atoms with E-state index in [9.17, 15) is 4.79 Å². The van der Waals surface area contributed by atoms with Crippen LogP contribution in [-0.4, -0.2) is 24.5 Å². The first kappa shape index (κ1) is 12.5. The van der Waals surface area contributed by atoms with Gasteiger partial charge in [-0.25, -0.2) is 0 Å². The largest absolute Gasteiger partial charge is 0.354 e. The minimum Gasteiger partial charge on any atom is -0.354 e. The monoisotopic (exact) mass is 212 g/mol. The molecule has 0 bridgehead atoms. The van der Waals surface area contributed by atoms with Crippen LogP contribution >= 0.6 is 0 Å². The van der Waals surface area contributed by atoms with Crippen LogP contribution in [0.15, 0.2) is 0 Å². The van der Waals surface area contributed by atoms with Crippen molar-refractivity contribution in [1.82, 2.24) is 10.6 Å². The van der Waals surface area contributed by atoms with Gasteiger partial charge in [-0.15, -0.1) is 0 Å². The summed E-state index contributed by atoms with van der Waals surface area (Å²) in [4.78, 5) is 11.9. The SMILES string of the molecule is CCC(CC)CNC(=O)C1(C)CCCN1. The molecule has 1 unspecified atom stereocenters. The topological polar surface area (TPSA) is 41.1 Å². The second-order valence-electron chi connectivity index (χ2n) is 4.75. The molecule has 0 aliphatic carbocycles. The van der Waals surface area contributed by atoms with E-state index in [1.807, 2.05) is 6.92 Å². The minimum atomic E-state index is -0.313. The predicted molar refractivity (Wildman–Crippen MR) is 62.7 cm³/mol. The van der Waals surface area contributed by atoms with E-state index in [4.69, 9.17) is 0 Å². The Labute approximate surface area is 93.0 Å². The summed E-state index contributed by atoms with van der Waals surface area (Å²) < 4.78 is 0. The lowest BCUT2D eigenvalue weighted by Gasteiger charge is -2.24. The van der Waals surface area contributed by atoms with Gasteiger partial charge in [0.25, 0.3) is 0 Å². The van der Waals surface area contributed by atoms with Gasteiger partial charge in [0.1, 0.15) is 0 Å². The molecule has 0 radical (unpaired) electrons. The van der Waals surface area contributed by atoms with Crippen molar-refractivity contribution in [2.75, 3.05) is 13.1 Å². The third-order valence-electron chi connectivity index (χ3n) is 3.58. The molecule has 0 aromatic rings. The lowest BCUT2D eigenvalue weighted by molar-refractivity contribution is -0.126. The van der Waals surface area contributed by atoms with Gasteiger partial charge in [0.2, 0.25) is 5.91 Å². The number of hydrogen-bond donors (Lipinski definition) is 2. The maximum atomic E-state index is 11.9. The van der Waals surface area contributed by atoms with E-state index in [2.05, 4.69) is 24.5 Å². The minimum absolute atomic E-state index is 0.173. The Kier molecular flexibility index (Phi) is 4.58. The molecule has 1 saturated heterocycles. The molecule has 1 fully saturated rings. The van der Waals surface area contributed by atoms with Crippen LogP contribution in [0.3, 0.4) is 0 Å². The molecule has 15 heavy (non-hydrogen) atoms. The van der Waals surface area contributed by atoms with Gasteiger partial charge in [0, 0.05) is 6.54 Å². The van der Waals surface area contributed by atoms with Crippen LogP contribution in [0.5, 0.6) is 0 Å². The van der Waals surface area contributed by atoms with E-state index in [1.165, 1.54) is 0 Å². The molecular formula is C12H24N2O. The average molecular weight is 212 g/mol. The van der Waals surface area contributed by atoms with Crippen molar-refractivity contribution >= 4 is 5.91 Å². The average Bonchev–Trinajstić information content (AvgIpc) is 2.68. The molecule has 1 heterocycles. The molecule has 1 atom stereocenters. The van der Waals surface area contributed by atoms with Gasteiger partial charge < -0.3 is 10.6 Å². The maximum absolute atomic E-state index is 11.9. The van der Waals surface area contributed by atoms with Crippen LogP contribution < -0.4 is 10.6 Å². The van der Waals surface area contributed by atoms with Gasteiger partial charge in [0.15, 0.2) is 0 Å². The van der Waals surface area contributed by atoms with Crippen molar-refractivity contribution in [3.8, 4) is 0 Å². The second kappa shape index (κ2) is 5.50. The Morgan fingerprint density at radius 1 is 1.47 bits per heavy atom. The van der Waals surface area contributed by atoms with E-state index in [-0.39, 0.29) is 11.4 Å². The Hall–Kier alpha value is -0.570. The number of rotatable bonds is 5. The molecule has 1 aliphatic rings. The number of hydrogen-bond acceptors (Lipinski definition) is 2. The van der Waals surface area contributed by atoms with Crippen molar-refractivity contribution < 1.29 is 4.79 Å². The molecule has 88 valence electrons. The van der Waals surface area contributed by atoms with Crippen molar-refractivity contribution in [3.05, 3.63) is 0 Å². The van der Waals surface area contributed by atoms with E-state index >= 15 is 0 Å².